The fourth-order valence-corrected chi connectivity index (χ4v) is 2.77. The van der Waals surface area contributed by atoms with Crippen LogP contribution in [0.2, 0.25) is 0 Å². The van der Waals surface area contributed by atoms with E-state index in [2.05, 4.69) is 20.9 Å². The Morgan fingerprint density at radius 3 is 2.24 bits per heavy atom. The molecule has 5 nitrogen and oxygen atoms in total. The Balaban J connectivity index is 2.29. The summed E-state index contributed by atoms with van der Waals surface area (Å²) >= 11 is 3.42. The lowest BCUT2D eigenvalue weighted by molar-refractivity contribution is -0.140. The first-order chi connectivity index (χ1) is 13.8. The molecule has 0 radical (unpaired) electrons. The van der Waals surface area contributed by atoms with Crippen molar-refractivity contribution in [1.82, 2.24) is 0 Å². The largest absolute Gasteiger partial charge is 0.422 e. The number of aliphatic imine (C=N–C) groups is 1. The molecule has 2 aromatic rings. The number of esters is 2. The molecule has 2 rings (SSSR count). The Labute approximate surface area is 180 Å². The highest BCUT2D eigenvalue weighted by Crippen LogP contribution is 2.35. The molecule has 2 aromatic carbocycles. The van der Waals surface area contributed by atoms with Crippen LogP contribution in [-0.4, -0.2) is 24.7 Å². The number of hydrogen-bond acceptors (Lipinski definition) is 5. The lowest BCUT2D eigenvalue weighted by Crippen LogP contribution is -2.19. The Hall–Kier alpha value is -2.47. The number of carbonyl (C=O) groups excluding carboxylic acids is 2. The van der Waals surface area contributed by atoms with Crippen LogP contribution >= 0.6 is 15.9 Å². The van der Waals surface area contributed by atoms with Gasteiger partial charge in [-0.05, 0) is 24.1 Å². The van der Waals surface area contributed by atoms with Crippen LogP contribution < -0.4 is 9.47 Å². The standard InChI is InChI=1S/C23H26BrNO4/c1-15(2)22(26)28-20-13-19(24)12-18(21(20)29-23(27)16(3)4)14-25-11-10-17-8-6-5-7-9-17/h5-9,12-16H,10-11H2,1-4H3. The SMILES string of the molecule is CC(C)C(=O)Oc1cc(Br)cc(C=NCCc2ccccc2)c1OC(=O)C(C)C. The number of halogens is 1. The maximum absolute atomic E-state index is 12.2. The van der Waals surface area contributed by atoms with E-state index in [0.717, 1.165) is 6.42 Å². The summed E-state index contributed by atoms with van der Waals surface area (Å²) in [7, 11) is 0. The van der Waals surface area contributed by atoms with Gasteiger partial charge in [0.25, 0.3) is 0 Å². The predicted octanol–water partition coefficient (Wildman–Crippen LogP) is 5.23. The molecule has 0 aliphatic carbocycles. The minimum atomic E-state index is -0.409. The van der Waals surface area contributed by atoms with Crippen molar-refractivity contribution < 1.29 is 19.1 Å². The third-order valence-corrected chi connectivity index (χ3v) is 4.46. The Morgan fingerprint density at radius 2 is 1.62 bits per heavy atom. The molecule has 0 fully saturated rings. The van der Waals surface area contributed by atoms with Gasteiger partial charge in [-0.25, -0.2) is 0 Å². The Bertz CT molecular complexity index is 876. The second-order valence-corrected chi connectivity index (χ2v) is 8.16. The fraction of sp³-hybridized carbons (Fsp3) is 0.348. The average molecular weight is 460 g/mol. The summed E-state index contributed by atoms with van der Waals surface area (Å²) in [4.78, 5) is 28.8. The smallest absolute Gasteiger partial charge is 0.313 e. The first-order valence-corrected chi connectivity index (χ1v) is 10.4. The van der Waals surface area contributed by atoms with E-state index in [9.17, 15) is 9.59 Å². The molecule has 6 heteroatoms. The number of rotatable bonds is 8. The third kappa shape index (κ3) is 7.13. The Morgan fingerprint density at radius 1 is 1.00 bits per heavy atom. The number of benzene rings is 2. The van der Waals surface area contributed by atoms with Crippen LogP contribution in [0.4, 0.5) is 0 Å². The van der Waals surface area contributed by atoms with E-state index in [1.165, 1.54) is 5.56 Å². The summed E-state index contributed by atoms with van der Waals surface area (Å²) < 4.78 is 11.7. The molecule has 0 aliphatic rings. The van der Waals surface area contributed by atoms with Gasteiger partial charge in [-0.3, -0.25) is 14.6 Å². The lowest BCUT2D eigenvalue weighted by Gasteiger charge is -2.15. The van der Waals surface area contributed by atoms with E-state index in [1.54, 1.807) is 46.0 Å². The van der Waals surface area contributed by atoms with Gasteiger partial charge in [0.05, 0.1) is 11.8 Å². The molecule has 0 bridgehead atoms. The first-order valence-electron chi connectivity index (χ1n) is 9.58. The van der Waals surface area contributed by atoms with E-state index < -0.39 is 11.9 Å². The topological polar surface area (TPSA) is 65.0 Å². The van der Waals surface area contributed by atoms with Crippen molar-refractivity contribution in [2.45, 2.75) is 34.1 Å². The molecule has 29 heavy (non-hydrogen) atoms. The highest BCUT2D eigenvalue weighted by atomic mass is 79.9. The predicted molar refractivity (Wildman–Crippen MR) is 118 cm³/mol. The van der Waals surface area contributed by atoms with Gasteiger partial charge in [0.2, 0.25) is 0 Å². The van der Waals surface area contributed by atoms with Crippen molar-refractivity contribution in [3.05, 3.63) is 58.1 Å². The Kier molecular flexibility index (Phi) is 8.58. The van der Waals surface area contributed by atoms with Crippen molar-refractivity contribution in [2.75, 3.05) is 6.54 Å². The number of nitrogens with zero attached hydrogens (tertiary/aromatic N) is 1. The number of hydrogen-bond donors (Lipinski definition) is 0. The van der Waals surface area contributed by atoms with Gasteiger partial charge in [-0.1, -0.05) is 74.0 Å². The summed E-state index contributed by atoms with van der Waals surface area (Å²) in [6, 6.07) is 13.5. The van der Waals surface area contributed by atoms with Gasteiger partial charge in [0.15, 0.2) is 11.5 Å². The lowest BCUT2D eigenvalue weighted by atomic mass is 10.1. The van der Waals surface area contributed by atoms with Gasteiger partial charge in [0, 0.05) is 22.8 Å². The second kappa shape index (κ2) is 10.9. The highest BCUT2D eigenvalue weighted by molar-refractivity contribution is 9.10. The van der Waals surface area contributed by atoms with Gasteiger partial charge in [0.1, 0.15) is 0 Å². The van der Waals surface area contributed by atoms with E-state index in [0.29, 0.717) is 16.6 Å². The minimum absolute atomic E-state index is 0.191. The molecular formula is C23H26BrNO4. The van der Waals surface area contributed by atoms with Crippen molar-refractivity contribution in [2.24, 2.45) is 16.8 Å². The molecular weight excluding hydrogens is 434 g/mol. The van der Waals surface area contributed by atoms with Crippen LogP contribution in [0.1, 0.15) is 38.8 Å². The van der Waals surface area contributed by atoms with Gasteiger partial charge in [-0.2, -0.15) is 0 Å². The minimum Gasteiger partial charge on any atom is -0.422 e. The van der Waals surface area contributed by atoms with Crippen molar-refractivity contribution in [3.8, 4) is 11.5 Å². The van der Waals surface area contributed by atoms with Crippen molar-refractivity contribution in [1.29, 1.82) is 0 Å². The van der Waals surface area contributed by atoms with Crippen LogP contribution in [0.15, 0.2) is 51.9 Å². The summed E-state index contributed by atoms with van der Waals surface area (Å²) in [5, 5.41) is 0. The summed E-state index contributed by atoms with van der Waals surface area (Å²) in [5.74, 6) is -1.06. The first kappa shape index (κ1) is 22.8. The fourth-order valence-electron chi connectivity index (χ4n) is 2.32. The zero-order chi connectivity index (χ0) is 21.4. The summed E-state index contributed by atoms with van der Waals surface area (Å²) in [6.45, 7) is 7.55. The van der Waals surface area contributed by atoms with Crippen molar-refractivity contribution in [3.63, 3.8) is 0 Å². The van der Waals surface area contributed by atoms with Gasteiger partial charge >= 0.3 is 11.9 Å². The molecule has 154 valence electrons. The van der Waals surface area contributed by atoms with Gasteiger partial charge in [-0.15, -0.1) is 0 Å². The monoisotopic (exact) mass is 459 g/mol. The van der Waals surface area contributed by atoms with Crippen LogP contribution in [0.5, 0.6) is 11.5 Å². The molecule has 0 saturated heterocycles. The normalized spacial score (nSPS) is 11.3. The van der Waals surface area contributed by atoms with Crippen LogP contribution in [-0.2, 0) is 16.0 Å². The summed E-state index contributed by atoms with van der Waals surface area (Å²) in [6.07, 6.45) is 2.44. The molecule has 0 saturated carbocycles. The molecule has 0 unspecified atom stereocenters. The molecule has 0 amide bonds. The molecule has 0 aromatic heterocycles. The van der Waals surface area contributed by atoms with Crippen molar-refractivity contribution >= 4 is 34.1 Å². The third-order valence-electron chi connectivity index (χ3n) is 4.01. The molecule has 0 spiro atoms. The van der Waals surface area contributed by atoms with Crippen LogP contribution in [0.25, 0.3) is 0 Å². The van der Waals surface area contributed by atoms with E-state index in [1.807, 2.05) is 30.3 Å². The molecule has 0 N–H and O–H groups in total. The highest BCUT2D eigenvalue weighted by Gasteiger charge is 2.21. The van der Waals surface area contributed by atoms with E-state index in [4.69, 9.17) is 9.47 Å². The second-order valence-electron chi connectivity index (χ2n) is 7.24. The maximum atomic E-state index is 12.2. The summed E-state index contributed by atoms with van der Waals surface area (Å²) in [5.41, 5.74) is 1.75. The van der Waals surface area contributed by atoms with Crippen LogP contribution in [0, 0.1) is 11.8 Å². The zero-order valence-corrected chi connectivity index (χ0v) is 18.7. The average Bonchev–Trinajstić information content (AvgIpc) is 2.67. The van der Waals surface area contributed by atoms with E-state index >= 15 is 0 Å². The maximum Gasteiger partial charge on any atom is 0.313 e. The molecule has 0 atom stereocenters. The molecule has 0 aliphatic heterocycles. The molecule has 0 heterocycles. The zero-order valence-electron chi connectivity index (χ0n) is 17.1. The van der Waals surface area contributed by atoms with Gasteiger partial charge < -0.3 is 9.47 Å². The number of ether oxygens (including phenoxy) is 2. The number of carbonyl (C=O) groups is 2. The quantitative estimate of drug-likeness (QED) is 0.307. The van der Waals surface area contributed by atoms with Crippen LogP contribution in [0.3, 0.4) is 0 Å². The van der Waals surface area contributed by atoms with E-state index in [-0.39, 0.29) is 23.3 Å².